The van der Waals surface area contributed by atoms with E-state index in [1.807, 2.05) is 42.5 Å². The highest BCUT2D eigenvalue weighted by atomic mass is 16.5. The molecule has 0 N–H and O–H groups in total. The molecule has 3 aliphatic carbocycles. The largest absolute Gasteiger partial charge is 0.426 e. The van der Waals surface area contributed by atoms with Crippen LogP contribution in [0.4, 0.5) is 0 Å². The van der Waals surface area contributed by atoms with Crippen LogP contribution in [-0.4, -0.2) is 5.97 Å². The van der Waals surface area contributed by atoms with Gasteiger partial charge in [0.1, 0.15) is 5.75 Å². The second kappa shape index (κ2) is 6.55. The first-order chi connectivity index (χ1) is 15.1. The van der Waals surface area contributed by atoms with Gasteiger partial charge in [-0.2, -0.15) is 0 Å². The molecule has 0 fully saturated rings. The third kappa shape index (κ3) is 2.54. The fraction of sp³-hybridized carbons (Fsp3) is 0.207. The zero-order valence-electron chi connectivity index (χ0n) is 17.7. The van der Waals surface area contributed by atoms with Gasteiger partial charge in [-0.25, -0.2) is 0 Å². The summed E-state index contributed by atoms with van der Waals surface area (Å²) in [6, 6.07) is 31.2. The van der Waals surface area contributed by atoms with Crippen LogP contribution in [0.15, 0.2) is 91.0 Å². The van der Waals surface area contributed by atoms with Gasteiger partial charge >= 0.3 is 5.97 Å². The highest BCUT2D eigenvalue weighted by molar-refractivity contribution is 5.91. The van der Waals surface area contributed by atoms with E-state index in [0.29, 0.717) is 5.75 Å². The number of fused-ring (bicyclic) bond motifs is 2. The van der Waals surface area contributed by atoms with Gasteiger partial charge in [0.2, 0.25) is 0 Å². The van der Waals surface area contributed by atoms with E-state index in [1.165, 1.54) is 22.3 Å². The minimum Gasteiger partial charge on any atom is -0.426 e. The maximum absolute atomic E-state index is 13.8. The zero-order valence-corrected chi connectivity index (χ0v) is 17.7. The molecule has 152 valence electrons. The van der Waals surface area contributed by atoms with Crippen molar-refractivity contribution in [3.63, 3.8) is 0 Å². The third-order valence-electron chi connectivity index (χ3n) is 7.38. The van der Waals surface area contributed by atoms with Crippen LogP contribution in [0.25, 0.3) is 10.8 Å². The van der Waals surface area contributed by atoms with Gasteiger partial charge in [0, 0.05) is 17.2 Å². The summed E-state index contributed by atoms with van der Waals surface area (Å²) < 4.78 is 6.15. The maximum atomic E-state index is 13.8. The number of esters is 1. The van der Waals surface area contributed by atoms with Crippen molar-refractivity contribution in [1.29, 1.82) is 0 Å². The Labute approximate surface area is 182 Å². The number of hydrogen-bond acceptors (Lipinski definition) is 2. The molecule has 4 aromatic carbocycles. The molecule has 4 aromatic rings. The van der Waals surface area contributed by atoms with E-state index in [0.717, 1.165) is 10.8 Å². The highest BCUT2D eigenvalue weighted by Crippen LogP contribution is 2.63. The highest BCUT2D eigenvalue weighted by Gasteiger charge is 2.57. The molecule has 3 aliphatic rings. The lowest BCUT2D eigenvalue weighted by Gasteiger charge is -2.54. The van der Waals surface area contributed by atoms with Crippen molar-refractivity contribution < 1.29 is 9.53 Å². The minimum absolute atomic E-state index is 0.00914. The normalized spacial score (nSPS) is 22.6. The van der Waals surface area contributed by atoms with Gasteiger partial charge in [-0.3, -0.25) is 4.79 Å². The fourth-order valence-electron chi connectivity index (χ4n) is 6.12. The molecule has 1 atom stereocenters. The van der Waals surface area contributed by atoms with Crippen LogP contribution in [0.3, 0.4) is 0 Å². The van der Waals surface area contributed by atoms with Gasteiger partial charge in [0.15, 0.2) is 0 Å². The summed E-state index contributed by atoms with van der Waals surface area (Å²) in [6.07, 6.45) is 0. The molecule has 0 aromatic heterocycles. The van der Waals surface area contributed by atoms with Gasteiger partial charge in [-0.05, 0) is 39.1 Å². The fourth-order valence-corrected chi connectivity index (χ4v) is 6.12. The Balaban J connectivity index is 1.49. The Hall–Kier alpha value is -3.39. The second-order valence-corrected chi connectivity index (χ2v) is 9.37. The Morgan fingerprint density at radius 2 is 1.26 bits per heavy atom. The molecule has 0 amide bonds. The lowest BCUT2D eigenvalue weighted by atomic mass is 9.48. The van der Waals surface area contributed by atoms with Gasteiger partial charge in [0.25, 0.3) is 0 Å². The molecular formula is C29H24O2. The van der Waals surface area contributed by atoms with Gasteiger partial charge in [0.05, 0.1) is 5.92 Å². The maximum Gasteiger partial charge on any atom is 0.315 e. The Morgan fingerprint density at radius 1 is 0.710 bits per heavy atom. The van der Waals surface area contributed by atoms with Gasteiger partial charge < -0.3 is 4.74 Å². The standard InChI is InChI=1S/C29H24O2/c1-29(2)26-22-15-7-5-13-20(22)25(21-14-6-8-16-23(21)26)27(29)28(30)31-24-17-9-11-18-10-3-4-12-19(18)24/h3-17,25-27H,1-2H3. The van der Waals surface area contributed by atoms with E-state index in [9.17, 15) is 4.79 Å². The van der Waals surface area contributed by atoms with Crippen LogP contribution < -0.4 is 4.74 Å². The van der Waals surface area contributed by atoms with E-state index in [1.54, 1.807) is 0 Å². The van der Waals surface area contributed by atoms with Gasteiger partial charge in [-0.15, -0.1) is 0 Å². The predicted octanol–water partition coefficient (Wildman–Crippen LogP) is 6.68. The second-order valence-electron chi connectivity index (χ2n) is 9.37. The van der Waals surface area contributed by atoms with E-state index in [2.05, 4.69) is 62.4 Å². The first kappa shape index (κ1) is 18.4. The molecular weight excluding hydrogens is 380 g/mol. The minimum atomic E-state index is -0.255. The molecule has 0 aliphatic heterocycles. The number of ether oxygens (including phenoxy) is 1. The number of rotatable bonds is 2. The van der Waals surface area contributed by atoms with E-state index in [-0.39, 0.29) is 29.1 Å². The SMILES string of the molecule is CC1(C)C2c3ccccc3C(c3ccccc32)C1C(=O)Oc1cccc2ccccc12. The molecule has 31 heavy (non-hydrogen) atoms. The summed E-state index contributed by atoms with van der Waals surface area (Å²) in [6.45, 7) is 4.46. The van der Waals surface area contributed by atoms with Crippen LogP contribution in [0.1, 0.15) is 47.9 Å². The lowest BCUT2D eigenvalue weighted by molar-refractivity contribution is -0.145. The van der Waals surface area contributed by atoms with Crippen LogP contribution in [0.5, 0.6) is 5.75 Å². The van der Waals surface area contributed by atoms with Crippen LogP contribution in [0, 0.1) is 11.3 Å². The summed E-state index contributed by atoms with van der Waals surface area (Å²) in [5.74, 6) is 0.438. The van der Waals surface area contributed by atoms with Crippen molar-refractivity contribution >= 4 is 16.7 Å². The number of hydrogen-bond donors (Lipinski definition) is 0. The van der Waals surface area contributed by atoms with Crippen molar-refractivity contribution in [2.75, 3.05) is 0 Å². The molecule has 2 heteroatoms. The summed E-state index contributed by atoms with van der Waals surface area (Å²) in [7, 11) is 0. The average Bonchev–Trinajstić information content (AvgIpc) is 2.78. The van der Waals surface area contributed by atoms with E-state index < -0.39 is 0 Å². The molecule has 2 bridgehead atoms. The third-order valence-corrected chi connectivity index (χ3v) is 7.38. The number of benzene rings is 4. The predicted molar refractivity (Wildman–Crippen MR) is 123 cm³/mol. The van der Waals surface area contributed by atoms with Crippen LogP contribution in [0.2, 0.25) is 0 Å². The summed E-state index contributed by atoms with van der Waals surface area (Å²) >= 11 is 0. The Morgan fingerprint density at radius 3 is 1.94 bits per heavy atom. The van der Waals surface area contributed by atoms with E-state index >= 15 is 0 Å². The van der Waals surface area contributed by atoms with Crippen molar-refractivity contribution in [2.24, 2.45) is 11.3 Å². The zero-order chi connectivity index (χ0) is 21.2. The monoisotopic (exact) mass is 404 g/mol. The van der Waals surface area contributed by atoms with Crippen LogP contribution >= 0.6 is 0 Å². The number of carbonyl (C=O) groups excluding carboxylic acids is 1. The molecule has 2 nitrogen and oxygen atoms in total. The molecule has 0 heterocycles. The summed E-state index contributed by atoms with van der Waals surface area (Å²) in [4.78, 5) is 13.8. The van der Waals surface area contributed by atoms with Crippen molar-refractivity contribution in [1.82, 2.24) is 0 Å². The first-order valence-electron chi connectivity index (χ1n) is 10.9. The average molecular weight is 405 g/mol. The van der Waals surface area contributed by atoms with E-state index in [4.69, 9.17) is 4.74 Å². The smallest absolute Gasteiger partial charge is 0.315 e. The quantitative estimate of drug-likeness (QED) is 0.275. The van der Waals surface area contributed by atoms with Crippen molar-refractivity contribution in [3.8, 4) is 5.75 Å². The lowest BCUT2D eigenvalue weighted by Crippen LogP contribution is -2.50. The Bertz CT molecular complexity index is 1280. The Kier molecular flexibility index (Phi) is 3.89. The molecule has 0 saturated heterocycles. The van der Waals surface area contributed by atoms with Crippen LogP contribution in [-0.2, 0) is 4.79 Å². The van der Waals surface area contributed by atoms with Crippen molar-refractivity contribution in [3.05, 3.63) is 113 Å². The molecule has 7 rings (SSSR count). The molecule has 0 saturated carbocycles. The molecule has 0 radical (unpaired) electrons. The number of carbonyl (C=O) groups is 1. The van der Waals surface area contributed by atoms with Gasteiger partial charge in [-0.1, -0.05) is 98.8 Å². The van der Waals surface area contributed by atoms with Crippen molar-refractivity contribution in [2.45, 2.75) is 25.7 Å². The first-order valence-corrected chi connectivity index (χ1v) is 10.9. The molecule has 1 unspecified atom stereocenters. The summed E-state index contributed by atoms with van der Waals surface area (Å²) in [5, 5.41) is 2.05. The topological polar surface area (TPSA) is 26.3 Å². The molecule has 0 spiro atoms. The summed E-state index contributed by atoms with van der Waals surface area (Å²) in [5.41, 5.74) is 4.99.